The van der Waals surface area contributed by atoms with Gasteiger partial charge in [-0.1, -0.05) is 29.8 Å². The Balaban J connectivity index is 1.13. The van der Waals surface area contributed by atoms with Gasteiger partial charge in [0, 0.05) is 30.3 Å². The van der Waals surface area contributed by atoms with E-state index in [0.717, 1.165) is 22.3 Å². The summed E-state index contributed by atoms with van der Waals surface area (Å²) >= 11 is 6.46. The number of benzene rings is 2. The molecule has 3 N–H and O–H groups in total. The number of fused-ring (bicyclic) bond motifs is 3. The van der Waals surface area contributed by atoms with Crippen molar-refractivity contribution < 1.29 is 23.3 Å². The van der Waals surface area contributed by atoms with Crippen molar-refractivity contribution in [3.8, 4) is 11.5 Å². The average Bonchev–Trinajstić information content (AvgIpc) is 3.67. The number of ether oxygens (including phenoxy) is 4. The van der Waals surface area contributed by atoms with Crippen LogP contribution in [0.3, 0.4) is 0 Å². The molecule has 1 saturated heterocycles. The first-order chi connectivity index (χ1) is 21.2. The first kappa shape index (κ1) is 28.3. The summed E-state index contributed by atoms with van der Waals surface area (Å²) in [7, 11) is 1.62. The monoisotopic (exact) mass is 616 g/mol. The molecule has 226 valence electrons. The van der Waals surface area contributed by atoms with Crippen LogP contribution in [0.5, 0.6) is 11.5 Å². The molecule has 0 saturated carbocycles. The molecule has 1 aliphatic heterocycles. The molecule has 3 aromatic heterocycles. The largest absolute Gasteiger partial charge is 0.497 e. The molecule has 44 heavy (non-hydrogen) atoms. The molecule has 0 radical (unpaired) electrons. The number of nitrogens with zero attached hydrogens (tertiary/aromatic N) is 4. The van der Waals surface area contributed by atoms with Crippen molar-refractivity contribution in [1.82, 2.24) is 19.5 Å². The highest BCUT2D eigenvalue weighted by Crippen LogP contribution is 2.44. The van der Waals surface area contributed by atoms with Crippen LogP contribution < -0.4 is 20.5 Å². The lowest BCUT2D eigenvalue weighted by Gasteiger charge is -2.22. The van der Waals surface area contributed by atoms with Crippen molar-refractivity contribution in [3.63, 3.8) is 0 Å². The number of halogens is 2. The molecule has 5 aromatic rings. The number of methoxy groups -OCH3 is 1. The van der Waals surface area contributed by atoms with Crippen molar-refractivity contribution in [1.29, 1.82) is 0 Å². The number of anilines is 2. The van der Waals surface area contributed by atoms with Crippen LogP contribution >= 0.6 is 11.6 Å². The predicted molar refractivity (Wildman–Crippen MR) is 165 cm³/mol. The Labute approximate surface area is 257 Å². The van der Waals surface area contributed by atoms with E-state index in [1.54, 1.807) is 19.2 Å². The lowest BCUT2D eigenvalue weighted by Crippen LogP contribution is -2.28. The SMILES string of the molecule is COc1ccc(CNc2nc3cc(OCC4=C[C@@H](n5ccc6c(N)ncnc65)[C@@H]5OC(C)(C)O[C@H]45)cc(F)c3cc2Cl)cc1. The first-order valence-electron chi connectivity index (χ1n) is 14.1. The fraction of sp³-hybridized carbons (Fsp3) is 0.281. The Kier molecular flexibility index (Phi) is 7.03. The number of pyridine rings is 1. The van der Waals surface area contributed by atoms with Crippen LogP contribution in [0.1, 0.15) is 25.5 Å². The Bertz CT molecular complexity index is 1910. The number of hydrogen-bond acceptors (Lipinski definition) is 9. The van der Waals surface area contributed by atoms with Crippen LogP contribution in [0.4, 0.5) is 16.0 Å². The van der Waals surface area contributed by atoms with Gasteiger partial charge >= 0.3 is 0 Å². The summed E-state index contributed by atoms with van der Waals surface area (Å²) < 4.78 is 41.2. The number of nitrogen functional groups attached to an aromatic ring is 1. The molecule has 4 heterocycles. The Morgan fingerprint density at radius 2 is 1.89 bits per heavy atom. The first-order valence-corrected chi connectivity index (χ1v) is 14.5. The zero-order valence-electron chi connectivity index (χ0n) is 24.3. The van der Waals surface area contributed by atoms with Gasteiger partial charge in [0.1, 0.15) is 59.7 Å². The van der Waals surface area contributed by atoms with Crippen molar-refractivity contribution in [2.24, 2.45) is 0 Å². The summed E-state index contributed by atoms with van der Waals surface area (Å²) in [4.78, 5) is 13.2. The second kappa shape index (κ2) is 10.9. The zero-order chi connectivity index (χ0) is 30.6. The van der Waals surface area contributed by atoms with Gasteiger partial charge in [0.25, 0.3) is 0 Å². The van der Waals surface area contributed by atoms with Crippen molar-refractivity contribution in [2.45, 2.75) is 44.4 Å². The van der Waals surface area contributed by atoms with Gasteiger partial charge in [-0.3, -0.25) is 0 Å². The minimum atomic E-state index is -0.794. The number of hydrogen-bond donors (Lipinski definition) is 2. The molecular formula is C32H30ClFN6O4. The standard InChI is InChI=1S/C32H30ClFN6O4/c1-32(2)43-27-18(10-26(28(27)44-32)40-9-8-21-29(35)37-16-38-31(21)40)15-42-20-11-24(34)22-13-23(33)30(39-25(22)12-20)36-14-17-4-6-19(41-3)7-5-17/h4-13,16,26-28H,14-15H2,1-3H3,(H,36,39)(H2,35,37,38)/t26-,27-,28+/m1/s1. The van der Waals surface area contributed by atoms with Crippen LogP contribution in [0.15, 0.2) is 72.7 Å². The van der Waals surface area contributed by atoms with E-state index in [0.29, 0.717) is 45.5 Å². The van der Waals surface area contributed by atoms with Gasteiger partial charge in [0.15, 0.2) is 5.79 Å². The van der Waals surface area contributed by atoms with Crippen LogP contribution in [0, 0.1) is 5.82 Å². The number of nitrogens with two attached hydrogens (primary N) is 1. The molecule has 0 unspecified atom stereocenters. The highest BCUT2D eigenvalue weighted by atomic mass is 35.5. The van der Waals surface area contributed by atoms with E-state index in [9.17, 15) is 0 Å². The minimum absolute atomic E-state index is 0.161. The van der Waals surface area contributed by atoms with Gasteiger partial charge in [-0.15, -0.1) is 0 Å². The topological polar surface area (TPSA) is 119 Å². The molecule has 3 atom stereocenters. The van der Waals surface area contributed by atoms with Crippen molar-refractivity contribution in [3.05, 3.63) is 89.1 Å². The van der Waals surface area contributed by atoms with Crippen molar-refractivity contribution >= 4 is 45.2 Å². The predicted octanol–water partition coefficient (Wildman–Crippen LogP) is 6.06. The van der Waals surface area contributed by atoms with E-state index >= 15 is 4.39 Å². The van der Waals surface area contributed by atoms with E-state index in [4.69, 9.17) is 36.3 Å². The van der Waals surface area contributed by atoms with E-state index in [1.807, 2.05) is 54.9 Å². The maximum absolute atomic E-state index is 15.2. The van der Waals surface area contributed by atoms with Gasteiger partial charge in [0.2, 0.25) is 0 Å². The van der Waals surface area contributed by atoms with Gasteiger partial charge in [-0.05, 0) is 49.2 Å². The quantitative estimate of drug-likeness (QED) is 0.201. The summed E-state index contributed by atoms with van der Waals surface area (Å²) in [5, 5.41) is 4.61. The molecule has 0 spiro atoms. The fourth-order valence-corrected chi connectivity index (χ4v) is 6.04. The van der Waals surface area contributed by atoms with E-state index < -0.39 is 11.6 Å². The Morgan fingerprint density at radius 1 is 1.07 bits per heavy atom. The number of aromatic nitrogens is 4. The second-order valence-electron chi connectivity index (χ2n) is 11.3. The molecule has 10 nitrogen and oxygen atoms in total. The zero-order valence-corrected chi connectivity index (χ0v) is 25.0. The Morgan fingerprint density at radius 3 is 2.68 bits per heavy atom. The van der Waals surface area contributed by atoms with Gasteiger partial charge < -0.3 is 34.6 Å². The van der Waals surface area contributed by atoms with Gasteiger partial charge in [-0.25, -0.2) is 19.3 Å². The molecule has 1 fully saturated rings. The third-order valence-corrected chi connectivity index (χ3v) is 8.20. The van der Waals surface area contributed by atoms with Crippen LogP contribution in [-0.2, 0) is 16.0 Å². The molecule has 0 amide bonds. The molecule has 1 aliphatic carbocycles. The molecule has 2 aliphatic rings. The van der Waals surface area contributed by atoms with Crippen molar-refractivity contribution in [2.75, 3.05) is 24.8 Å². The normalized spacial score (nSPS) is 20.6. The summed E-state index contributed by atoms with van der Waals surface area (Å²) in [6.07, 6.45) is 4.75. The molecule has 2 aromatic carbocycles. The van der Waals surface area contributed by atoms with Crippen LogP contribution in [0.25, 0.3) is 21.9 Å². The van der Waals surface area contributed by atoms with Crippen LogP contribution in [-0.4, -0.2) is 51.2 Å². The minimum Gasteiger partial charge on any atom is -0.497 e. The number of nitrogens with one attached hydrogen (secondary N) is 1. The lowest BCUT2D eigenvalue weighted by atomic mass is 10.1. The lowest BCUT2D eigenvalue weighted by molar-refractivity contribution is -0.148. The van der Waals surface area contributed by atoms with Gasteiger partial charge in [0.05, 0.1) is 29.1 Å². The maximum Gasteiger partial charge on any atom is 0.164 e. The summed E-state index contributed by atoms with van der Waals surface area (Å²) in [6, 6.07) is 13.9. The average molecular weight is 617 g/mol. The summed E-state index contributed by atoms with van der Waals surface area (Å²) in [6.45, 7) is 4.40. The maximum atomic E-state index is 15.2. The molecular weight excluding hydrogens is 587 g/mol. The fourth-order valence-electron chi connectivity index (χ4n) is 5.82. The smallest absolute Gasteiger partial charge is 0.164 e. The third-order valence-electron chi connectivity index (χ3n) is 7.91. The summed E-state index contributed by atoms with van der Waals surface area (Å²) in [5.74, 6) is 0.674. The molecule has 12 heteroatoms. The number of rotatable bonds is 8. The van der Waals surface area contributed by atoms with E-state index in [2.05, 4.69) is 26.3 Å². The Hall–Kier alpha value is -4.45. The van der Waals surface area contributed by atoms with Gasteiger partial charge in [-0.2, -0.15) is 0 Å². The highest BCUT2D eigenvalue weighted by Gasteiger charge is 2.51. The molecule has 0 bridgehead atoms. The third kappa shape index (κ3) is 5.17. The van der Waals surface area contributed by atoms with E-state index in [1.165, 1.54) is 12.4 Å². The van der Waals surface area contributed by atoms with Crippen LogP contribution in [0.2, 0.25) is 5.02 Å². The molecule has 7 rings (SSSR count). The summed E-state index contributed by atoms with van der Waals surface area (Å²) in [5.41, 5.74) is 9.07. The second-order valence-corrected chi connectivity index (χ2v) is 11.7. The highest BCUT2D eigenvalue weighted by molar-refractivity contribution is 6.33. The van der Waals surface area contributed by atoms with E-state index in [-0.39, 0.29) is 24.9 Å².